The van der Waals surface area contributed by atoms with Crippen LogP contribution in [-0.2, 0) is 13.0 Å². The van der Waals surface area contributed by atoms with Gasteiger partial charge >= 0.3 is 6.03 Å². The molecule has 2 aromatic carbocycles. The first kappa shape index (κ1) is 18.8. The van der Waals surface area contributed by atoms with Gasteiger partial charge in [-0.2, -0.15) is 0 Å². The van der Waals surface area contributed by atoms with E-state index < -0.39 is 0 Å². The van der Waals surface area contributed by atoms with Crippen molar-refractivity contribution in [3.8, 4) is 0 Å². The van der Waals surface area contributed by atoms with Gasteiger partial charge in [0, 0.05) is 24.5 Å². The van der Waals surface area contributed by atoms with Crippen molar-refractivity contribution in [2.75, 3.05) is 17.2 Å². The Labute approximate surface area is 169 Å². The molecule has 29 heavy (non-hydrogen) atoms. The van der Waals surface area contributed by atoms with Crippen molar-refractivity contribution in [1.82, 2.24) is 4.90 Å². The second kappa shape index (κ2) is 7.83. The van der Waals surface area contributed by atoms with E-state index in [1.807, 2.05) is 50.2 Å². The molecular weight excluding hydrogens is 366 g/mol. The molecular formula is C23H23N3O3. The predicted molar refractivity (Wildman–Crippen MR) is 112 cm³/mol. The highest BCUT2D eigenvalue weighted by Gasteiger charge is 2.23. The van der Waals surface area contributed by atoms with Gasteiger partial charge in [-0.3, -0.25) is 4.79 Å². The summed E-state index contributed by atoms with van der Waals surface area (Å²) in [5.41, 5.74) is 5.96. The van der Waals surface area contributed by atoms with E-state index in [1.165, 1.54) is 17.4 Å². The SMILES string of the molecule is Cc1ccc(NC(=O)Nc2ccc3c(c2)CN(C(=O)c2ccco2)CC3)cc1C. The van der Waals surface area contributed by atoms with Crippen LogP contribution in [0.1, 0.15) is 32.8 Å². The zero-order valence-corrected chi connectivity index (χ0v) is 16.5. The Bertz CT molecular complexity index is 1060. The molecule has 1 aliphatic rings. The molecule has 4 rings (SSSR count). The molecule has 0 unspecified atom stereocenters. The summed E-state index contributed by atoms with van der Waals surface area (Å²) in [6.07, 6.45) is 2.28. The maximum atomic E-state index is 12.5. The number of benzene rings is 2. The summed E-state index contributed by atoms with van der Waals surface area (Å²) in [7, 11) is 0. The second-order valence-electron chi connectivity index (χ2n) is 7.32. The summed E-state index contributed by atoms with van der Waals surface area (Å²) < 4.78 is 5.23. The van der Waals surface area contributed by atoms with Gasteiger partial charge in [0.25, 0.3) is 5.91 Å². The largest absolute Gasteiger partial charge is 0.459 e. The van der Waals surface area contributed by atoms with Gasteiger partial charge < -0.3 is 20.0 Å². The van der Waals surface area contributed by atoms with E-state index >= 15 is 0 Å². The number of nitrogens with zero attached hydrogens (tertiary/aromatic N) is 1. The summed E-state index contributed by atoms with van der Waals surface area (Å²) in [5, 5.41) is 5.73. The number of hydrogen-bond acceptors (Lipinski definition) is 3. The molecule has 2 heterocycles. The molecule has 148 valence electrons. The van der Waals surface area contributed by atoms with Crippen molar-refractivity contribution in [2.24, 2.45) is 0 Å². The third-order valence-electron chi connectivity index (χ3n) is 5.26. The van der Waals surface area contributed by atoms with Gasteiger partial charge in [0.15, 0.2) is 5.76 Å². The summed E-state index contributed by atoms with van der Waals surface area (Å²) in [6, 6.07) is 14.7. The van der Waals surface area contributed by atoms with Gasteiger partial charge in [-0.15, -0.1) is 0 Å². The van der Waals surface area contributed by atoms with Gasteiger partial charge in [0.2, 0.25) is 0 Å². The maximum absolute atomic E-state index is 12.5. The lowest BCUT2D eigenvalue weighted by atomic mass is 9.99. The highest BCUT2D eigenvalue weighted by molar-refractivity contribution is 6.00. The number of aryl methyl sites for hydroxylation is 2. The fraction of sp³-hybridized carbons (Fsp3) is 0.217. The first-order valence-corrected chi connectivity index (χ1v) is 9.59. The summed E-state index contributed by atoms with van der Waals surface area (Å²) in [4.78, 5) is 26.7. The van der Waals surface area contributed by atoms with Crippen molar-refractivity contribution >= 4 is 23.3 Å². The topological polar surface area (TPSA) is 74.6 Å². The van der Waals surface area contributed by atoms with Crippen molar-refractivity contribution in [3.05, 3.63) is 82.8 Å². The van der Waals surface area contributed by atoms with E-state index in [2.05, 4.69) is 10.6 Å². The standard InChI is InChI=1S/C23H23N3O3/c1-15-5-7-19(12-16(15)2)24-23(28)25-20-8-6-17-9-10-26(14-18(17)13-20)22(27)21-4-3-11-29-21/h3-8,11-13H,9-10,14H2,1-2H3,(H2,24,25,28). The Morgan fingerprint density at radius 3 is 2.41 bits per heavy atom. The number of anilines is 2. The van der Waals surface area contributed by atoms with Crippen LogP contribution in [0, 0.1) is 13.8 Å². The molecule has 0 fully saturated rings. The van der Waals surface area contributed by atoms with Crippen LogP contribution in [0.2, 0.25) is 0 Å². The van der Waals surface area contributed by atoms with Crippen LogP contribution >= 0.6 is 0 Å². The van der Waals surface area contributed by atoms with Gasteiger partial charge in [-0.05, 0) is 78.9 Å². The molecule has 0 aliphatic carbocycles. The van der Waals surface area contributed by atoms with Crippen molar-refractivity contribution in [1.29, 1.82) is 0 Å². The first-order chi connectivity index (χ1) is 14.0. The van der Waals surface area contributed by atoms with E-state index in [9.17, 15) is 9.59 Å². The third-order valence-corrected chi connectivity index (χ3v) is 5.26. The van der Waals surface area contributed by atoms with Crippen molar-refractivity contribution in [3.63, 3.8) is 0 Å². The van der Waals surface area contributed by atoms with E-state index in [0.717, 1.165) is 23.2 Å². The Hall–Kier alpha value is -3.54. The lowest BCUT2D eigenvalue weighted by Gasteiger charge is -2.28. The van der Waals surface area contributed by atoms with Gasteiger partial charge in [-0.1, -0.05) is 12.1 Å². The monoisotopic (exact) mass is 389 g/mol. The minimum Gasteiger partial charge on any atom is -0.459 e. The number of furan rings is 1. The van der Waals surface area contributed by atoms with E-state index in [1.54, 1.807) is 17.0 Å². The number of carbonyl (C=O) groups excluding carboxylic acids is 2. The lowest BCUT2D eigenvalue weighted by Crippen LogP contribution is -2.35. The number of carbonyl (C=O) groups is 2. The van der Waals surface area contributed by atoms with Crippen molar-refractivity contribution < 1.29 is 14.0 Å². The highest BCUT2D eigenvalue weighted by Crippen LogP contribution is 2.24. The summed E-state index contributed by atoms with van der Waals surface area (Å²) in [6.45, 7) is 5.18. The number of nitrogens with one attached hydrogen (secondary N) is 2. The molecule has 6 nitrogen and oxygen atoms in total. The van der Waals surface area contributed by atoms with Gasteiger partial charge in [0.1, 0.15) is 0 Å². The highest BCUT2D eigenvalue weighted by atomic mass is 16.3. The third kappa shape index (κ3) is 4.16. The minimum absolute atomic E-state index is 0.119. The molecule has 0 saturated heterocycles. The maximum Gasteiger partial charge on any atom is 0.323 e. The van der Waals surface area contributed by atoms with Crippen LogP contribution in [0.3, 0.4) is 0 Å². The average Bonchev–Trinajstić information content (AvgIpc) is 3.24. The zero-order valence-electron chi connectivity index (χ0n) is 16.5. The van der Waals surface area contributed by atoms with E-state index in [0.29, 0.717) is 24.5 Å². The van der Waals surface area contributed by atoms with E-state index in [-0.39, 0.29) is 11.9 Å². The zero-order chi connectivity index (χ0) is 20.4. The molecule has 0 saturated carbocycles. The molecule has 0 spiro atoms. The van der Waals surface area contributed by atoms with Crippen LogP contribution in [0.15, 0.2) is 59.2 Å². The Morgan fingerprint density at radius 2 is 1.69 bits per heavy atom. The quantitative estimate of drug-likeness (QED) is 0.679. The number of urea groups is 1. The van der Waals surface area contributed by atoms with Crippen LogP contribution in [0.5, 0.6) is 0 Å². The molecule has 1 aliphatic heterocycles. The first-order valence-electron chi connectivity index (χ1n) is 9.59. The summed E-state index contributed by atoms with van der Waals surface area (Å²) in [5.74, 6) is 0.224. The van der Waals surface area contributed by atoms with Crippen LogP contribution in [-0.4, -0.2) is 23.4 Å². The minimum atomic E-state index is -0.299. The smallest absolute Gasteiger partial charge is 0.323 e. The Kier molecular flexibility index (Phi) is 5.08. The fourth-order valence-corrected chi connectivity index (χ4v) is 3.48. The molecule has 3 amide bonds. The molecule has 1 aromatic heterocycles. The van der Waals surface area contributed by atoms with Crippen LogP contribution < -0.4 is 10.6 Å². The average molecular weight is 389 g/mol. The van der Waals surface area contributed by atoms with Crippen LogP contribution in [0.25, 0.3) is 0 Å². The molecule has 2 N–H and O–H groups in total. The molecule has 0 atom stereocenters. The lowest BCUT2D eigenvalue weighted by molar-refractivity contribution is 0.0702. The molecule has 0 radical (unpaired) electrons. The number of fused-ring (bicyclic) bond motifs is 1. The van der Waals surface area contributed by atoms with Gasteiger partial charge in [0.05, 0.1) is 6.26 Å². The number of rotatable bonds is 3. The van der Waals surface area contributed by atoms with E-state index in [4.69, 9.17) is 4.42 Å². The fourth-order valence-electron chi connectivity index (χ4n) is 3.48. The van der Waals surface area contributed by atoms with Gasteiger partial charge in [-0.25, -0.2) is 4.79 Å². The molecule has 6 heteroatoms. The number of amides is 3. The van der Waals surface area contributed by atoms with Crippen LogP contribution in [0.4, 0.5) is 16.2 Å². The number of hydrogen-bond donors (Lipinski definition) is 2. The molecule has 3 aromatic rings. The second-order valence-corrected chi connectivity index (χ2v) is 7.32. The summed E-state index contributed by atoms with van der Waals surface area (Å²) >= 11 is 0. The molecule has 0 bridgehead atoms. The van der Waals surface area contributed by atoms with Crippen molar-refractivity contribution in [2.45, 2.75) is 26.8 Å². The Morgan fingerprint density at radius 1 is 0.931 bits per heavy atom. The predicted octanol–water partition coefficient (Wildman–Crippen LogP) is 4.74. The normalized spacial score (nSPS) is 13.0. The Balaban J connectivity index is 1.44.